The van der Waals surface area contributed by atoms with Crippen molar-refractivity contribution < 1.29 is 4.74 Å². The van der Waals surface area contributed by atoms with Crippen LogP contribution in [-0.2, 0) is 0 Å². The first-order chi connectivity index (χ1) is 10.2. The van der Waals surface area contributed by atoms with Gasteiger partial charge in [-0.2, -0.15) is 0 Å². The summed E-state index contributed by atoms with van der Waals surface area (Å²) >= 11 is 0. The highest BCUT2D eigenvalue weighted by atomic mass is 16.5. The lowest BCUT2D eigenvalue weighted by Crippen LogP contribution is -1.82. The largest absolute Gasteiger partial charge is 0.497 e. The Morgan fingerprint density at radius 1 is 0.714 bits per heavy atom. The Labute approximate surface area is 125 Å². The van der Waals surface area contributed by atoms with Crippen LogP contribution in [0.25, 0.3) is 10.8 Å². The Bertz CT molecular complexity index is 833. The van der Waals surface area contributed by atoms with E-state index in [9.17, 15) is 0 Å². The summed E-state index contributed by atoms with van der Waals surface area (Å²) in [6.45, 7) is 2.11. The third-order valence-electron chi connectivity index (χ3n) is 3.44. The van der Waals surface area contributed by atoms with Gasteiger partial charge in [-0.15, -0.1) is 0 Å². The summed E-state index contributed by atoms with van der Waals surface area (Å²) < 4.78 is 5.14. The van der Waals surface area contributed by atoms with Gasteiger partial charge in [0.15, 0.2) is 0 Å². The number of hydrogen-bond acceptors (Lipinski definition) is 1. The first-order valence-electron chi connectivity index (χ1n) is 6.91. The smallest absolute Gasteiger partial charge is 0.118 e. The predicted octanol–water partition coefficient (Wildman–Crippen LogP) is 4.56. The molecule has 0 atom stereocenters. The Morgan fingerprint density at radius 2 is 1.33 bits per heavy atom. The molecule has 0 heterocycles. The summed E-state index contributed by atoms with van der Waals surface area (Å²) in [7, 11) is 1.66. The highest BCUT2D eigenvalue weighted by Gasteiger charge is 1.95. The quantitative estimate of drug-likeness (QED) is 0.590. The van der Waals surface area contributed by atoms with Gasteiger partial charge in [0.1, 0.15) is 5.75 Å². The van der Waals surface area contributed by atoms with Gasteiger partial charge in [0.05, 0.1) is 7.11 Å². The topological polar surface area (TPSA) is 9.23 Å². The van der Waals surface area contributed by atoms with Crippen LogP contribution in [-0.4, -0.2) is 7.11 Å². The number of rotatable bonds is 1. The molecule has 1 heteroatoms. The first-order valence-corrected chi connectivity index (χ1v) is 6.91. The van der Waals surface area contributed by atoms with Crippen molar-refractivity contribution in [2.75, 3.05) is 7.11 Å². The fraction of sp³-hybridized carbons (Fsp3) is 0.100. The van der Waals surface area contributed by atoms with E-state index >= 15 is 0 Å². The minimum Gasteiger partial charge on any atom is -0.497 e. The molecule has 3 aromatic carbocycles. The van der Waals surface area contributed by atoms with Crippen LogP contribution < -0.4 is 4.74 Å². The van der Waals surface area contributed by atoms with Crippen molar-refractivity contribution >= 4 is 10.8 Å². The Hall–Kier alpha value is -2.72. The van der Waals surface area contributed by atoms with Crippen molar-refractivity contribution in [3.8, 4) is 17.6 Å². The summed E-state index contributed by atoms with van der Waals surface area (Å²) in [5.74, 6) is 7.25. The first kappa shape index (κ1) is 13.3. The van der Waals surface area contributed by atoms with Crippen molar-refractivity contribution in [3.63, 3.8) is 0 Å². The molecule has 0 N–H and O–H groups in total. The number of benzene rings is 3. The van der Waals surface area contributed by atoms with Crippen LogP contribution in [0.2, 0.25) is 0 Å². The number of methoxy groups -OCH3 is 1. The summed E-state index contributed by atoms with van der Waals surface area (Å²) in [5.41, 5.74) is 3.29. The number of aryl methyl sites for hydroxylation is 1. The van der Waals surface area contributed by atoms with Gasteiger partial charge in [0, 0.05) is 11.1 Å². The average Bonchev–Trinajstić information content (AvgIpc) is 2.53. The van der Waals surface area contributed by atoms with Gasteiger partial charge in [0.25, 0.3) is 0 Å². The molecule has 0 spiro atoms. The van der Waals surface area contributed by atoms with Gasteiger partial charge in [-0.1, -0.05) is 41.7 Å². The zero-order valence-corrected chi connectivity index (χ0v) is 12.2. The van der Waals surface area contributed by atoms with E-state index in [2.05, 4.69) is 55.2 Å². The van der Waals surface area contributed by atoms with E-state index in [-0.39, 0.29) is 0 Å². The molecule has 0 saturated heterocycles. The fourth-order valence-electron chi connectivity index (χ4n) is 2.26. The molecule has 0 saturated carbocycles. The second-order valence-corrected chi connectivity index (χ2v) is 5.04. The Kier molecular flexibility index (Phi) is 3.62. The average molecular weight is 272 g/mol. The van der Waals surface area contributed by atoms with Gasteiger partial charge in [-0.05, 0) is 54.1 Å². The number of hydrogen-bond donors (Lipinski definition) is 0. The third-order valence-corrected chi connectivity index (χ3v) is 3.44. The second kappa shape index (κ2) is 5.73. The predicted molar refractivity (Wildman–Crippen MR) is 87.7 cm³/mol. The van der Waals surface area contributed by atoms with Crippen LogP contribution in [0.3, 0.4) is 0 Å². The molecular formula is C20H16O. The molecule has 0 aliphatic carbocycles. The molecule has 0 aromatic heterocycles. The normalized spacial score (nSPS) is 10.0. The van der Waals surface area contributed by atoms with Crippen LogP contribution in [0.15, 0.2) is 60.7 Å². The minimum atomic E-state index is 0.849. The van der Waals surface area contributed by atoms with E-state index in [1.165, 1.54) is 16.3 Å². The molecular weight excluding hydrogens is 256 g/mol. The van der Waals surface area contributed by atoms with Gasteiger partial charge >= 0.3 is 0 Å². The Morgan fingerprint density at radius 3 is 2.10 bits per heavy atom. The maximum Gasteiger partial charge on any atom is 0.118 e. The summed E-state index contributed by atoms with van der Waals surface area (Å²) in [6, 6.07) is 20.6. The van der Waals surface area contributed by atoms with E-state index in [0.29, 0.717) is 0 Å². The van der Waals surface area contributed by atoms with Gasteiger partial charge < -0.3 is 4.74 Å². The van der Waals surface area contributed by atoms with E-state index < -0.39 is 0 Å². The van der Waals surface area contributed by atoms with E-state index in [0.717, 1.165) is 16.9 Å². The van der Waals surface area contributed by atoms with Crippen LogP contribution >= 0.6 is 0 Å². The second-order valence-electron chi connectivity index (χ2n) is 5.04. The van der Waals surface area contributed by atoms with E-state index in [1.807, 2.05) is 24.3 Å². The van der Waals surface area contributed by atoms with Crippen molar-refractivity contribution in [1.29, 1.82) is 0 Å². The zero-order chi connectivity index (χ0) is 14.7. The fourth-order valence-corrected chi connectivity index (χ4v) is 2.26. The minimum absolute atomic E-state index is 0.849. The molecule has 1 nitrogen and oxygen atoms in total. The molecule has 102 valence electrons. The van der Waals surface area contributed by atoms with Crippen LogP contribution in [0.4, 0.5) is 0 Å². The van der Waals surface area contributed by atoms with E-state index in [1.54, 1.807) is 7.11 Å². The van der Waals surface area contributed by atoms with Crippen molar-refractivity contribution in [3.05, 3.63) is 77.4 Å². The van der Waals surface area contributed by atoms with Gasteiger partial charge in [0.2, 0.25) is 0 Å². The maximum absolute atomic E-state index is 5.14. The molecule has 0 amide bonds. The number of fused-ring (bicyclic) bond motifs is 1. The standard InChI is InChI=1S/C20H16O/c1-15-3-9-19-14-17(6-10-18(19)13-15)5-4-16-7-11-20(21-2)12-8-16/h3,6-14H,1-2H3. The summed E-state index contributed by atoms with van der Waals surface area (Å²) in [5, 5.41) is 2.48. The van der Waals surface area contributed by atoms with Crippen LogP contribution in [0, 0.1) is 18.8 Å². The van der Waals surface area contributed by atoms with Crippen molar-refractivity contribution in [2.45, 2.75) is 6.92 Å². The van der Waals surface area contributed by atoms with Crippen LogP contribution in [0.1, 0.15) is 16.7 Å². The monoisotopic (exact) mass is 272 g/mol. The zero-order valence-electron chi connectivity index (χ0n) is 12.2. The highest BCUT2D eigenvalue weighted by Crippen LogP contribution is 2.17. The molecule has 3 aromatic rings. The van der Waals surface area contributed by atoms with Gasteiger partial charge in [-0.25, -0.2) is 0 Å². The lowest BCUT2D eigenvalue weighted by atomic mass is 10.0. The van der Waals surface area contributed by atoms with E-state index in [4.69, 9.17) is 4.74 Å². The maximum atomic E-state index is 5.14. The summed E-state index contributed by atoms with van der Waals surface area (Å²) in [6.07, 6.45) is 0. The molecule has 0 unspecified atom stereocenters. The Balaban J connectivity index is 1.90. The molecule has 3 rings (SSSR count). The molecule has 0 radical (unpaired) electrons. The van der Waals surface area contributed by atoms with Crippen molar-refractivity contribution in [2.24, 2.45) is 0 Å². The summed E-state index contributed by atoms with van der Waals surface area (Å²) in [4.78, 5) is 0. The van der Waals surface area contributed by atoms with Crippen molar-refractivity contribution in [1.82, 2.24) is 0 Å². The lowest BCUT2D eigenvalue weighted by Gasteiger charge is -2.00. The highest BCUT2D eigenvalue weighted by molar-refractivity contribution is 5.84. The molecule has 0 aliphatic rings. The lowest BCUT2D eigenvalue weighted by molar-refractivity contribution is 0.415. The molecule has 0 fully saturated rings. The molecule has 21 heavy (non-hydrogen) atoms. The molecule has 0 aliphatic heterocycles. The SMILES string of the molecule is COc1ccc(C#Cc2ccc3cc(C)ccc3c2)cc1. The third kappa shape index (κ3) is 3.07. The van der Waals surface area contributed by atoms with Gasteiger partial charge in [-0.3, -0.25) is 0 Å². The van der Waals surface area contributed by atoms with Crippen LogP contribution in [0.5, 0.6) is 5.75 Å². The number of ether oxygens (including phenoxy) is 1. The molecule has 0 bridgehead atoms.